The number of carboxylic acid groups (broad SMARTS) is 1. The number of amides is 1. The lowest BCUT2D eigenvalue weighted by Crippen LogP contribution is -2.48. The number of carbonyl (C=O) groups is 2. The number of alkyl halides is 3. The number of ether oxygens (including phenoxy) is 2. The smallest absolute Gasteiger partial charge is 0.391 e. The highest BCUT2D eigenvalue weighted by Gasteiger charge is 2.31. The lowest BCUT2D eigenvalue weighted by atomic mass is 10.0. The van der Waals surface area contributed by atoms with E-state index in [9.17, 15) is 46.9 Å². The zero-order chi connectivity index (χ0) is 70.7. The molecule has 3 fully saturated rings. The number of carbonyl (C=O) groups excluding carboxylic acids is 1. The van der Waals surface area contributed by atoms with Crippen molar-refractivity contribution < 1.29 is 61.4 Å². The minimum Gasteiger partial charge on any atom is -0.506 e. The fourth-order valence-corrected chi connectivity index (χ4v) is 10.3. The number of phenols is 1. The van der Waals surface area contributed by atoms with Crippen LogP contribution in [0.5, 0.6) is 17.2 Å². The van der Waals surface area contributed by atoms with Gasteiger partial charge in [-0.05, 0) is 144 Å². The van der Waals surface area contributed by atoms with Crippen LogP contribution in [0.15, 0.2) is 71.2 Å². The molecular formula is C71H111BrCl3F5N4O8. The van der Waals surface area contributed by atoms with Crippen LogP contribution in [0.25, 0.3) is 0 Å². The normalized spacial score (nSPS) is 15.8. The molecule has 92 heavy (non-hydrogen) atoms. The molecule has 4 aliphatic heterocycles. The number of aliphatic hydroxyl groups excluding tert-OH is 2. The number of nitrogens with zero attached hydrogens (tertiary/aromatic N) is 3. The van der Waals surface area contributed by atoms with Crippen molar-refractivity contribution in [2.45, 2.75) is 192 Å². The quantitative estimate of drug-likeness (QED) is 0.0912. The third-order valence-corrected chi connectivity index (χ3v) is 15.4. The second kappa shape index (κ2) is 46.2. The van der Waals surface area contributed by atoms with E-state index in [4.69, 9.17) is 49.4 Å². The standard InChI is InChI=1S/C10H12O2.C9H10BrClO.2C9H10ClF.2C9H19NO.C8H16N2O.C4H7F3.C4H8O2/c1-7(2)8-3-4-9-10(5-8)12-6-11-9;1-5(2)7-3-6(10)4-8(11)9(7)12;1-6(2)8-4-3-7(11)5-9(8)10;1-6(2)8-4-3-7(10)5-9(8)11;1-8(2)7-10-5-3-9(11)4-6-10;1-8(2)6-10-5-3-4-9(11)7-10;1-7(2)5-10-4-3-9-8(11)6-10;1-3(2)4(5,6)7;1-3(2)4(5)6/h3-5,7H,6H2,1-2H3;3-5,12H,1-2H3;2*3-6H,1-2H3;2*8-9,11H,3-7H2,1-2H3;7H,3-6H2,1-2H3,(H,9,11);3H,1-2H3;3H,1-2H3,(H,5,6). The first-order valence-corrected chi connectivity index (χ1v) is 34.1. The number of aliphatic carboxylic acids is 1. The summed E-state index contributed by atoms with van der Waals surface area (Å²) >= 11 is 20.5. The van der Waals surface area contributed by atoms with Gasteiger partial charge in [-0.15, -0.1) is 0 Å². The Morgan fingerprint density at radius 2 is 1.13 bits per heavy atom. The summed E-state index contributed by atoms with van der Waals surface area (Å²) in [5.74, 6) is 2.94. The van der Waals surface area contributed by atoms with Crippen molar-refractivity contribution in [1.82, 2.24) is 20.0 Å². The average molecular weight is 1430 g/mol. The van der Waals surface area contributed by atoms with Crippen molar-refractivity contribution in [1.29, 1.82) is 0 Å². The van der Waals surface area contributed by atoms with Crippen molar-refractivity contribution in [3.63, 3.8) is 0 Å². The van der Waals surface area contributed by atoms with Crippen LogP contribution in [0.3, 0.4) is 0 Å². The van der Waals surface area contributed by atoms with E-state index >= 15 is 0 Å². The summed E-state index contributed by atoms with van der Waals surface area (Å²) < 4.78 is 70.5. The molecule has 3 saturated heterocycles. The summed E-state index contributed by atoms with van der Waals surface area (Å²) in [7, 11) is 0. The van der Waals surface area contributed by atoms with Gasteiger partial charge in [0.25, 0.3) is 0 Å². The molecule has 1 atom stereocenters. The fraction of sp³-hybridized carbons (Fsp3) is 0.634. The molecule has 8 rings (SSSR count). The summed E-state index contributed by atoms with van der Waals surface area (Å²) in [6.45, 7) is 45.5. The van der Waals surface area contributed by atoms with Gasteiger partial charge in [-0.25, -0.2) is 8.78 Å². The van der Waals surface area contributed by atoms with Crippen molar-refractivity contribution in [3.05, 3.63) is 120 Å². The molecule has 5 N–H and O–H groups in total. The largest absolute Gasteiger partial charge is 0.506 e. The van der Waals surface area contributed by atoms with Crippen LogP contribution >= 0.6 is 50.7 Å². The molecule has 4 aromatic rings. The summed E-state index contributed by atoms with van der Waals surface area (Å²) in [4.78, 5) is 27.6. The number of rotatable bonds is 11. The van der Waals surface area contributed by atoms with Gasteiger partial charge in [0.15, 0.2) is 11.5 Å². The maximum absolute atomic E-state index is 13.0. The Kier molecular flexibility index (Phi) is 44.2. The number of aliphatic hydroxyl groups is 2. The number of β-amino-alcohol motifs (C(OH)–C–C–N with tert-alkyl or cyclic N) is 1. The predicted molar refractivity (Wildman–Crippen MR) is 373 cm³/mol. The van der Waals surface area contributed by atoms with Crippen LogP contribution < -0.4 is 14.8 Å². The molecule has 4 heterocycles. The molecule has 21 heteroatoms. The molecular weight excluding hydrogens is 1320 g/mol. The number of benzene rings is 4. The molecule has 0 spiro atoms. The Morgan fingerprint density at radius 3 is 1.59 bits per heavy atom. The van der Waals surface area contributed by atoms with Crippen LogP contribution in [0, 0.1) is 41.2 Å². The molecule has 1 amide bonds. The number of aromatic hydroxyl groups is 1. The van der Waals surface area contributed by atoms with E-state index < -0.39 is 18.1 Å². The third-order valence-electron chi connectivity index (χ3n) is 14.1. The number of halogens is 9. The number of piperidine rings is 2. The van der Waals surface area contributed by atoms with Gasteiger partial charge in [-0.1, -0.05) is 194 Å². The summed E-state index contributed by atoms with van der Waals surface area (Å²) in [6.07, 6.45) is -0.0111. The van der Waals surface area contributed by atoms with Gasteiger partial charge >= 0.3 is 12.1 Å². The first-order chi connectivity index (χ1) is 42.6. The van der Waals surface area contributed by atoms with Crippen LogP contribution in [0.1, 0.15) is 196 Å². The van der Waals surface area contributed by atoms with E-state index in [0.29, 0.717) is 46.2 Å². The molecule has 526 valence electrons. The Bertz CT molecular complexity index is 2640. The van der Waals surface area contributed by atoms with Crippen molar-refractivity contribution in [2.75, 3.05) is 72.2 Å². The van der Waals surface area contributed by atoms with E-state index in [1.54, 1.807) is 38.1 Å². The molecule has 4 aliphatic rings. The SMILES string of the molecule is CC(C)C(=O)O.CC(C)C(F)(F)F.CC(C)CN1CCC(O)CC1.CC(C)CN1CCCC(O)C1.CC(C)CN1CCNC(=O)C1.CC(C)c1cc(Br)cc(Cl)c1O.CC(C)c1ccc(Cl)cc1F.CC(C)c1ccc(F)cc1Cl.CC(C)c1ccc2c(c1)OCO2. The van der Waals surface area contributed by atoms with Gasteiger partial charge in [0, 0.05) is 72.8 Å². The highest BCUT2D eigenvalue weighted by Crippen LogP contribution is 2.36. The summed E-state index contributed by atoms with van der Waals surface area (Å²) in [5.41, 5.74) is 3.87. The van der Waals surface area contributed by atoms with Crippen LogP contribution in [-0.4, -0.2) is 138 Å². The Morgan fingerprint density at radius 1 is 0.620 bits per heavy atom. The molecule has 0 aromatic heterocycles. The topological polar surface area (TPSA) is 155 Å². The number of hydrogen-bond acceptors (Lipinski definition) is 10. The van der Waals surface area contributed by atoms with Crippen molar-refractivity contribution >= 4 is 62.6 Å². The van der Waals surface area contributed by atoms with Gasteiger partial charge in [0.05, 0.1) is 29.7 Å². The fourth-order valence-electron chi connectivity index (χ4n) is 8.93. The molecule has 1 unspecified atom stereocenters. The van der Waals surface area contributed by atoms with Crippen LogP contribution in [0.4, 0.5) is 22.0 Å². The average Bonchev–Trinajstić information content (AvgIpc) is 1.81. The number of likely N-dealkylation sites (tertiary alicyclic amines) is 2. The van der Waals surface area contributed by atoms with Crippen LogP contribution in [-0.2, 0) is 9.59 Å². The van der Waals surface area contributed by atoms with Gasteiger partial charge in [-0.3, -0.25) is 14.5 Å². The van der Waals surface area contributed by atoms with E-state index in [1.807, 2.05) is 59.7 Å². The molecule has 4 aromatic carbocycles. The van der Waals surface area contributed by atoms with E-state index in [1.165, 1.54) is 36.9 Å². The van der Waals surface area contributed by atoms with Gasteiger partial charge in [-0.2, -0.15) is 13.2 Å². The Hall–Kier alpha value is -3.98. The van der Waals surface area contributed by atoms with E-state index in [-0.39, 0.29) is 53.3 Å². The second-order valence-corrected chi connectivity index (χ2v) is 28.6. The Labute approximate surface area is 572 Å². The Balaban J connectivity index is 0.00000102. The van der Waals surface area contributed by atoms with Crippen molar-refractivity contribution in [2.24, 2.45) is 29.6 Å². The highest BCUT2D eigenvalue weighted by molar-refractivity contribution is 9.10. The molecule has 0 radical (unpaired) electrons. The number of fused-ring (bicyclic) bond motifs is 1. The number of piperazine rings is 1. The van der Waals surface area contributed by atoms with Gasteiger partial charge in [0.1, 0.15) is 17.4 Å². The van der Waals surface area contributed by atoms with E-state index in [0.717, 1.165) is 130 Å². The summed E-state index contributed by atoms with van der Waals surface area (Å²) in [6, 6.07) is 18.9. The molecule has 0 saturated carbocycles. The number of carboxylic acids is 1. The van der Waals surface area contributed by atoms with Crippen LogP contribution in [0.2, 0.25) is 15.1 Å². The number of phenolic OH excluding ortho intramolecular Hbond substituents is 1. The lowest BCUT2D eigenvalue weighted by Gasteiger charge is -2.31. The zero-order valence-corrected chi connectivity index (χ0v) is 61.8. The van der Waals surface area contributed by atoms with Gasteiger partial charge < -0.3 is 45.0 Å². The van der Waals surface area contributed by atoms with Crippen molar-refractivity contribution in [3.8, 4) is 17.2 Å². The van der Waals surface area contributed by atoms with Gasteiger partial charge in [0.2, 0.25) is 12.7 Å². The highest BCUT2D eigenvalue weighted by atomic mass is 79.9. The first kappa shape index (κ1) is 88.0. The monoisotopic (exact) mass is 1430 g/mol. The minimum atomic E-state index is -4.00. The minimum absolute atomic E-state index is 0.0292. The summed E-state index contributed by atoms with van der Waals surface area (Å²) in [5, 5.41) is 40.3. The molecule has 0 bridgehead atoms. The lowest BCUT2D eigenvalue weighted by molar-refractivity contribution is -0.164. The second-order valence-electron chi connectivity index (χ2n) is 26.4. The maximum atomic E-state index is 13.0. The number of hydrogen-bond donors (Lipinski definition) is 5. The molecule has 12 nitrogen and oxygen atoms in total. The number of nitrogens with one attached hydrogen (secondary N) is 1. The third kappa shape index (κ3) is 39.8. The zero-order valence-electron chi connectivity index (χ0n) is 58.0. The van der Waals surface area contributed by atoms with E-state index in [2.05, 4.69) is 97.4 Å². The predicted octanol–water partition coefficient (Wildman–Crippen LogP) is 18.9. The first-order valence-electron chi connectivity index (χ1n) is 32.2. The molecule has 0 aliphatic carbocycles. The maximum Gasteiger partial charge on any atom is 0.391 e.